The van der Waals surface area contributed by atoms with Gasteiger partial charge >= 0.3 is 6.09 Å². The minimum Gasteiger partial charge on any atom is -0.444 e. The highest BCUT2D eigenvalue weighted by atomic mass is 35.5. The summed E-state index contributed by atoms with van der Waals surface area (Å²) in [6.45, 7) is 8.92. The van der Waals surface area contributed by atoms with E-state index in [1.807, 2.05) is 45.3 Å². The largest absolute Gasteiger partial charge is 0.444 e. The van der Waals surface area contributed by atoms with Crippen LogP contribution in [0.4, 0.5) is 4.79 Å². The third-order valence-corrected chi connectivity index (χ3v) is 6.20. The van der Waals surface area contributed by atoms with E-state index < -0.39 is 5.60 Å². The third kappa shape index (κ3) is 4.79. The molecule has 7 heteroatoms. The van der Waals surface area contributed by atoms with Gasteiger partial charge in [-0.1, -0.05) is 41.4 Å². The number of aromatic nitrogens is 2. The van der Waals surface area contributed by atoms with Crippen molar-refractivity contribution in [3.63, 3.8) is 0 Å². The van der Waals surface area contributed by atoms with Crippen LogP contribution in [0.2, 0.25) is 10.0 Å². The molecule has 1 aliphatic rings. The van der Waals surface area contributed by atoms with E-state index in [2.05, 4.69) is 34.7 Å². The number of amides is 1. The summed E-state index contributed by atoms with van der Waals surface area (Å²) in [5.41, 5.74) is 4.82. The Labute approximate surface area is 198 Å². The number of rotatable bonds is 3. The van der Waals surface area contributed by atoms with E-state index in [0.717, 1.165) is 28.6 Å². The molecule has 0 bridgehead atoms. The van der Waals surface area contributed by atoms with Crippen molar-refractivity contribution in [3.05, 3.63) is 70.0 Å². The fourth-order valence-electron chi connectivity index (χ4n) is 3.95. The Bertz CT molecular complexity index is 1190. The highest BCUT2D eigenvalue weighted by Gasteiger charge is 2.24. The van der Waals surface area contributed by atoms with Crippen LogP contribution in [0.25, 0.3) is 16.6 Å². The molecule has 1 atom stereocenters. The first-order chi connectivity index (χ1) is 15.1. The van der Waals surface area contributed by atoms with Crippen LogP contribution in [0.1, 0.15) is 51.3 Å². The van der Waals surface area contributed by atoms with Crippen molar-refractivity contribution in [2.75, 3.05) is 13.1 Å². The first-order valence-electron chi connectivity index (χ1n) is 10.7. The lowest BCUT2D eigenvalue weighted by Crippen LogP contribution is -2.39. The Morgan fingerprint density at radius 1 is 1.16 bits per heavy atom. The smallest absolute Gasteiger partial charge is 0.410 e. The van der Waals surface area contributed by atoms with Gasteiger partial charge in [0.1, 0.15) is 5.60 Å². The molecule has 2 aromatic carbocycles. The summed E-state index contributed by atoms with van der Waals surface area (Å²) in [5, 5.41) is 1.26. The lowest BCUT2D eigenvalue weighted by Gasteiger charge is -2.29. The van der Waals surface area contributed by atoms with Crippen LogP contribution in [-0.2, 0) is 4.74 Å². The molecule has 0 spiro atoms. The van der Waals surface area contributed by atoms with Gasteiger partial charge in [0.25, 0.3) is 0 Å². The zero-order valence-electron chi connectivity index (χ0n) is 18.7. The van der Waals surface area contributed by atoms with Crippen molar-refractivity contribution in [3.8, 4) is 0 Å². The van der Waals surface area contributed by atoms with Crippen molar-refractivity contribution in [2.45, 2.75) is 45.8 Å². The average Bonchev–Trinajstić information content (AvgIpc) is 3.15. The number of benzene rings is 2. The van der Waals surface area contributed by atoms with Gasteiger partial charge in [-0.25, -0.2) is 9.78 Å². The maximum atomic E-state index is 12.3. The number of hydrogen-bond donors (Lipinski definition) is 0. The summed E-state index contributed by atoms with van der Waals surface area (Å²) < 4.78 is 7.62. The van der Waals surface area contributed by atoms with E-state index in [4.69, 9.17) is 27.9 Å². The number of nitrogens with zero attached hydrogens (tertiary/aromatic N) is 3. The maximum absolute atomic E-state index is 12.3. The van der Waals surface area contributed by atoms with Gasteiger partial charge in [0, 0.05) is 23.1 Å². The molecule has 0 saturated heterocycles. The van der Waals surface area contributed by atoms with E-state index >= 15 is 0 Å². The third-order valence-electron chi connectivity index (χ3n) is 5.64. The standard InChI is InChI=1S/C25H27Cl2N3O2/c1-16(20-7-6-19(26)14-21(20)27)30-15-28-22-8-5-18(13-23(22)30)17-9-11-29(12-10-17)24(31)32-25(2,3)4/h5-9,13-16H,10-12H2,1-4H3. The van der Waals surface area contributed by atoms with Gasteiger partial charge in [-0.3, -0.25) is 0 Å². The molecule has 1 aliphatic heterocycles. The summed E-state index contributed by atoms with van der Waals surface area (Å²) in [5.74, 6) is 0. The normalized spacial score (nSPS) is 15.6. The Balaban J connectivity index is 1.59. The Hall–Kier alpha value is -2.50. The zero-order chi connectivity index (χ0) is 23.0. The van der Waals surface area contributed by atoms with Gasteiger partial charge in [0.2, 0.25) is 0 Å². The second-order valence-corrected chi connectivity index (χ2v) is 9.95. The minimum absolute atomic E-state index is 0.00279. The molecule has 2 heterocycles. The average molecular weight is 472 g/mol. The molecule has 1 aromatic heterocycles. The van der Waals surface area contributed by atoms with Gasteiger partial charge in [-0.05, 0) is 75.1 Å². The molecular formula is C25H27Cl2N3O2. The Kier molecular flexibility index (Phi) is 6.24. The van der Waals surface area contributed by atoms with Crippen molar-refractivity contribution >= 4 is 45.9 Å². The Morgan fingerprint density at radius 3 is 2.59 bits per heavy atom. The van der Waals surface area contributed by atoms with Crippen molar-refractivity contribution < 1.29 is 9.53 Å². The number of imidazole rings is 1. The first-order valence-corrected chi connectivity index (χ1v) is 11.5. The predicted octanol–water partition coefficient (Wildman–Crippen LogP) is 6.98. The van der Waals surface area contributed by atoms with Crippen LogP contribution in [0.5, 0.6) is 0 Å². The predicted molar refractivity (Wildman–Crippen MR) is 130 cm³/mol. The molecule has 5 nitrogen and oxygen atoms in total. The van der Waals surface area contributed by atoms with Gasteiger partial charge in [0.05, 0.1) is 23.4 Å². The Morgan fingerprint density at radius 2 is 1.94 bits per heavy atom. The summed E-state index contributed by atoms with van der Waals surface area (Å²) in [4.78, 5) is 18.7. The number of carbonyl (C=O) groups is 1. The summed E-state index contributed by atoms with van der Waals surface area (Å²) >= 11 is 12.5. The highest BCUT2D eigenvalue weighted by Crippen LogP contribution is 2.32. The van der Waals surface area contributed by atoms with E-state index in [9.17, 15) is 4.79 Å². The van der Waals surface area contributed by atoms with E-state index in [1.54, 1.807) is 11.0 Å². The monoisotopic (exact) mass is 471 g/mol. The van der Waals surface area contributed by atoms with E-state index in [1.165, 1.54) is 5.57 Å². The van der Waals surface area contributed by atoms with Crippen LogP contribution in [0.15, 0.2) is 48.8 Å². The van der Waals surface area contributed by atoms with Gasteiger partial charge in [0.15, 0.2) is 0 Å². The molecule has 1 amide bonds. The molecular weight excluding hydrogens is 445 g/mol. The SMILES string of the molecule is CC(c1ccc(Cl)cc1Cl)n1cnc2ccc(C3=CCN(C(=O)OC(C)(C)C)CC3)cc21. The summed E-state index contributed by atoms with van der Waals surface area (Å²) in [6.07, 6.45) is 4.46. The number of ether oxygens (including phenoxy) is 1. The van der Waals surface area contributed by atoms with Gasteiger partial charge in [-0.15, -0.1) is 0 Å². The molecule has 0 radical (unpaired) electrons. The number of hydrogen-bond acceptors (Lipinski definition) is 3. The van der Waals surface area contributed by atoms with Crippen LogP contribution in [0, 0.1) is 0 Å². The number of halogens is 2. The van der Waals surface area contributed by atoms with Crippen LogP contribution in [0.3, 0.4) is 0 Å². The molecule has 0 aliphatic carbocycles. The summed E-state index contributed by atoms with van der Waals surface area (Å²) in [6, 6.07) is 11.9. The van der Waals surface area contributed by atoms with E-state index in [0.29, 0.717) is 23.1 Å². The quantitative estimate of drug-likeness (QED) is 0.413. The minimum atomic E-state index is -0.492. The maximum Gasteiger partial charge on any atom is 0.410 e. The number of fused-ring (bicyclic) bond motifs is 1. The van der Waals surface area contributed by atoms with Crippen LogP contribution >= 0.6 is 23.2 Å². The lowest BCUT2D eigenvalue weighted by molar-refractivity contribution is 0.0270. The fourth-order valence-corrected chi connectivity index (χ4v) is 4.51. The molecule has 0 saturated carbocycles. The van der Waals surface area contributed by atoms with Gasteiger partial charge < -0.3 is 14.2 Å². The molecule has 32 heavy (non-hydrogen) atoms. The van der Waals surface area contributed by atoms with Crippen molar-refractivity contribution in [2.24, 2.45) is 0 Å². The summed E-state index contributed by atoms with van der Waals surface area (Å²) in [7, 11) is 0. The van der Waals surface area contributed by atoms with E-state index in [-0.39, 0.29) is 12.1 Å². The van der Waals surface area contributed by atoms with Crippen molar-refractivity contribution in [1.82, 2.24) is 14.5 Å². The number of carbonyl (C=O) groups excluding carboxylic acids is 1. The van der Waals surface area contributed by atoms with Crippen LogP contribution < -0.4 is 0 Å². The highest BCUT2D eigenvalue weighted by molar-refractivity contribution is 6.35. The van der Waals surface area contributed by atoms with Gasteiger partial charge in [-0.2, -0.15) is 0 Å². The van der Waals surface area contributed by atoms with Crippen molar-refractivity contribution in [1.29, 1.82) is 0 Å². The molecule has 0 fully saturated rings. The lowest BCUT2D eigenvalue weighted by atomic mass is 9.99. The molecule has 4 rings (SSSR count). The zero-order valence-corrected chi connectivity index (χ0v) is 20.2. The second-order valence-electron chi connectivity index (χ2n) is 9.10. The molecule has 0 N–H and O–H groups in total. The second kappa shape index (κ2) is 8.80. The molecule has 168 valence electrons. The molecule has 3 aromatic rings. The first kappa shape index (κ1) is 22.7. The molecule has 1 unspecified atom stereocenters. The topological polar surface area (TPSA) is 47.4 Å². The fraction of sp³-hybridized carbons (Fsp3) is 0.360. The van der Waals surface area contributed by atoms with Crippen LogP contribution in [-0.4, -0.2) is 39.2 Å².